The van der Waals surface area contributed by atoms with Gasteiger partial charge in [-0.1, -0.05) is 11.6 Å². The summed E-state index contributed by atoms with van der Waals surface area (Å²) in [6, 6.07) is 7.35. The van der Waals surface area contributed by atoms with Crippen molar-refractivity contribution < 1.29 is 14.3 Å². The highest BCUT2D eigenvalue weighted by atomic mass is 35.5. The van der Waals surface area contributed by atoms with Gasteiger partial charge in [-0.3, -0.25) is 9.89 Å². The number of hydrogen-bond acceptors (Lipinski definition) is 4. The smallest absolute Gasteiger partial charge is 0.254 e. The number of rotatable bonds is 6. The van der Waals surface area contributed by atoms with Crippen LogP contribution < -0.4 is 10.1 Å². The Morgan fingerprint density at radius 1 is 1.38 bits per heavy atom. The third-order valence-corrected chi connectivity index (χ3v) is 4.27. The predicted molar refractivity (Wildman–Crippen MR) is 90.3 cm³/mol. The quantitative estimate of drug-likeness (QED) is 0.840. The molecule has 2 heterocycles. The highest BCUT2D eigenvalue weighted by molar-refractivity contribution is 6.30. The summed E-state index contributed by atoms with van der Waals surface area (Å²) in [5.74, 6) is 1.04. The molecule has 1 fully saturated rings. The van der Waals surface area contributed by atoms with Crippen LogP contribution in [0, 0.1) is 5.92 Å². The van der Waals surface area contributed by atoms with E-state index in [2.05, 4.69) is 15.5 Å². The van der Waals surface area contributed by atoms with Crippen LogP contribution in [0.3, 0.4) is 0 Å². The second-order valence-electron chi connectivity index (χ2n) is 5.86. The molecule has 2 aromatic rings. The summed E-state index contributed by atoms with van der Waals surface area (Å²) in [5.41, 5.74) is 0.528. The Labute approximate surface area is 145 Å². The molecule has 0 aliphatic carbocycles. The molecule has 1 aromatic heterocycles. The fourth-order valence-corrected chi connectivity index (χ4v) is 2.71. The van der Waals surface area contributed by atoms with Gasteiger partial charge in [-0.2, -0.15) is 5.10 Å². The van der Waals surface area contributed by atoms with Crippen molar-refractivity contribution in [3.63, 3.8) is 0 Å². The minimum atomic E-state index is -0.138. The van der Waals surface area contributed by atoms with E-state index >= 15 is 0 Å². The number of nitrogens with one attached hydrogen (secondary N) is 2. The van der Waals surface area contributed by atoms with Crippen LogP contribution in [0.2, 0.25) is 5.02 Å². The first kappa shape index (κ1) is 16.8. The monoisotopic (exact) mass is 349 g/mol. The van der Waals surface area contributed by atoms with Crippen LogP contribution in [0.15, 0.2) is 36.7 Å². The molecule has 3 rings (SSSR count). The molecule has 0 bridgehead atoms. The first-order chi connectivity index (χ1) is 11.7. The molecule has 0 radical (unpaired) electrons. The van der Waals surface area contributed by atoms with Crippen LogP contribution in [0.5, 0.6) is 5.75 Å². The van der Waals surface area contributed by atoms with E-state index in [0.717, 1.165) is 18.6 Å². The van der Waals surface area contributed by atoms with Gasteiger partial charge >= 0.3 is 0 Å². The summed E-state index contributed by atoms with van der Waals surface area (Å²) in [6.45, 7) is 1.77. The van der Waals surface area contributed by atoms with Gasteiger partial charge in [-0.25, -0.2) is 0 Å². The number of H-pyrrole nitrogens is 1. The van der Waals surface area contributed by atoms with Gasteiger partial charge < -0.3 is 14.8 Å². The molecular formula is C17H20ClN3O3. The highest BCUT2D eigenvalue weighted by Crippen LogP contribution is 2.21. The summed E-state index contributed by atoms with van der Waals surface area (Å²) in [4.78, 5) is 11.8. The lowest BCUT2D eigenvalue weighted by molar-refractivity contribution is -0.0251. The van der Waals surface area contributed by atoms with Gasteiger partial charge in [0.25, 0.3) is 5.91 Å². The van der Waals surface area contributed by atoms with E-state index in [1.807, 2.05) is 24.3 Å². The normalized spacial score (nSPS) is 20.5. The van der Waals surface area contributed by atoms with Crippen molar-refractivity contribution in [3.8, 4) is 5.75 Å². The van der Waals surface area contributed by atoms with Crippen molar-refractivity contribution >= 4 is 17.5 Å². The van der Waals surface area contributed by atoms with Crippen LogP contribution in [0.4, 0.5) is 0 Å². The fraction of sp³-hybridized carbons (Fsp3) is 0.412. The third-order valence-electron chi connectivity index (χ3n) is 4.01. The Morgan fingerprint density at radius 2 is 2.21 bits per heavy atom. The predicted octanol–water partition coefficient (Wildman–Crippen LogP) is 2.67. The van der Waals surface area contributed by atoms with Gasteiger partial charge in [0.1, 0.15) is 5.75 Å². The number of amides is 1. The van der Waals surface area contributed by atoms with Crippen LogP contribution in [-0.2, 0) is 4.74 Å². The van der Waals surface area contributed by atoms with Crippen LogP contribution in [-0.4, -0.2) is 42.0 Å². The maximum absolute atomic E-state index is 11.8. The van der Waals surface area contributed by atoms with E-state index < -0.39 is 0 Å². The maximum atomic E-state index is 11.8. The maximum Gasteiger partial charge on any atom is 0.254 e. The Kier molecular flexibility index (Phi) is 5.72. The Bertz CT molecular complexity index is 638. The molecule has 0 spiro atoms. The van der Waals surface area contributed by atoms with Crippen LogP contribution >= 0.6 is 11.6 Å². The number of carbonyl (C=O) groups is 1. The van der Waals surface area contributed by atoms with Crippen molar-refractivity contribution in [2.75, 3.05) is 19.8 Å². The number of aromatic amines is 1. The second-order valence-corrected chi connectivity index (χ2v) is 6.30. The minimum absolute atomic E-state index is 0.0487. The molecule has 1 aliphatic rings. The zero-order valence-corrected chi connectivity index (χ0v) is 14.0. The van der Waals surface area contributed by atoms with Crippen molar-refractivity contribution in [3.05, 3.63) is 47.2 Å². The fourth-order valence-electron chi connectivity index (χ4n) is 2.58. The van der Waals surface area contributed by atoms with E-state index in [4.69, 9.17) is 21.1 Å². The zero-order chi connectivity index (χ0) is 16.8. The molecule has 6 nitrogen and oxygen atoms in total. The summed E-state index contributed by atoms with van der Waals surface area (Å²) in [5, 5.41) is 9.94. The van der Waals surface area contributed by atoms with E-state index in [0.29, 0.717) is 36.3 Å². The van der Waals surface area contributed by atoms with E-state index in [1.165, 1.54) is 6.20 Å². The number of benzene rings is 1. The van der Waals surface area contributed by atoms with Gasteiger partial charge in [0.05, 0.1) is 31.1 Å². The van der Waals surface area contributed by atoms with Crippen LogP contribution in [0.25, 0.3) is 0 Å². The lowest BCUT2D eigenvalue weighted by Crippen LogP contribution is -2.38. The molecular weight excluding hydrogens is 330 g/mol. The lowest BCUT2D eigenvalue weighted by Gasteiger charge is -2.29. The van der Waals surface area contributed by atoms with Crippen molar-refractivity contribution in [1.82, 2.24) is 15.5 Å². The van der Waals surface area contributed by atoms with E-state index in [-0.39, 0.29) is 12.0 Å². The molecule has 2 atom stereocenters. The second kappa shape index (κ2) is 8.17. The zero-order valence-electron chi connectivity index (χ0n) is 13.2. The number of nitrogens with zero attached hydrogens (tertiary/aromatic N) is 1. The van der Waals surface area contributed by atoms with E-state index in [9.17, 15) is 4.79 Å². The molecule has 0 saturated carbocycles. The Hall–Kier alpha value is -2.05. The first-order valence-corrected chi connectivity index (χ1v) is 8.35. The third kappa shape index (κ3) is 4.72. The average molecular weight is 350 g/mol. The highest BCUT2D eigenvalue weighted by Gasteiger charge is 2.23. The Balaban J connectivity index is 1.35. The molecule has 7 heteroatoms. The summed E-state index contributed by atoms with van der Waals surface area (Å²) >= 11 is 5.85. The molecule has 128 valence electrons. The molecule has 24 heavy (non-hydrogen) atoms. The van der Waals surface area contributed by atoms with Gasteiger partial charge in [-0.05, 0) is 37.1 Å². The molecule has 1 aliphatic heterocycles. The average Bonchev–Trinajstić information content (AvgIpc) is 3.15. The summed E-state index contributed by atoms with van der Waals surface area (Å²) in [6.07, 6.45) is 5.04. The largest absolute Gasteiger partial charge is 0.493 e. The topological polar surface area (TPSA) is 76.2 Å². The van der Waals surface area contributed by atoms with Crippen molar-refractivity contribution in [2.45, 2.75) is 18.9 Å². The Morgan fingerprint density at radius 3 is 2.88 bits per heavy atom. The van der Waals surface area contributed by atoms with Gasteiger partial charge in [-0.15, -0.1) is 0 Å². The lowest BCUT2D eigenvalue weighted by atomic mass is 9.99. The number of hydrogen-bond donors (Lipinski definition) is 2. The SMILES string of the molecule is O=C(NC[C@@H]1CC[C@H](COc2ccc(Cl)cc2)CO1)c1cn[nH]c1. The van der Waals surface area contributed by atoms with Gasteiger partial charge in [0.15, 0.2) is 0 Å². The van der Waals surface area contributed by atoms with Crippen LogP contribution in [0.1, 0.15) is 23.2 Å². The molecule has 1 aromatic carbocycles. The van der Waals surface area contributed by atoms with Gasteiger partial charge in [0, 0.05) is 23.7 Å². The number of ether oxygens (including phenoxy) is 2. The van der Waals surface area contributed by atoms with Crippen molar-refractivity contribution in [1.29, 1.82) is 0 Å². The van der Waals surface area contributed by atoms with Gasteiger partial charge in [0.2, 0.25) is 0 Å². The molecule has 0 unspecified atom stereocenters. The summed E-state index contributed by atoms with van der Waals surface area (Å²) in [7, 11) is 0. The minimum Gasteiger partial charge on any atom is -0.493 e. The molecule has 1 amide bonds. The first-order valence-electron chi connectivity index (χ1n) is 7.97. The number of halogens is 1. The molecule has 2 N–H and O–H groups in total. The summed E-state index contributed by atoms with van der Waals surface area (Å²) < 4.78 is 11.6. The number of aromatic nitrogens is 2. The van der Waals surface area contributed by atoms with Crippen molar-refractivity contribution in [2.24, 2.45) is 5.92 Å². The number of carbonyl (C=O) groups excluding carboxylic acids is 1. The standard InChI is InChI=1S/C17H20ClN3O3/c18-14-2-5-15(6-3-14)23-10-12-1-4-16(24-11-12)9-19-17(22)13-7-20-21-8-13/h2-3,5-8,12,16H,1,4,9-11H2,(H,19,22)(H,20,21)/t12-,16+/m1/s1. The molecule has 1 saturated heterocycles. The van der Waals surface area contributed by atoms with E-state index in [1.54, 1.807) is 6.20 Å².